The van der Waals surface area contributed by atoms with Crippen molar-refractivity contribution in [3.63, 3.8) is 0 Å². The normalized spacial score (nSPS) is 11.3. The van der Waals surface area contributed by atoms with Gasteiger partial charge in [0.25, 0.3) is 0 Å². The predicted octanol–water partition coefficient (Wildman–Crippen LogP) is 0.0486. The molecule has 22 heavy (non-hydrogen) atoms. The minimum absolute atomic E-state index is 0.0629. The van der Waals surface area contributed by atoms with Crippen molar-refractivity contribution in [3.05, 3.63) is 24.3 Å². The number of rotatable bonds is 6. The Balaban J connectivity index is 2.57. The molecule has 0 aliphatic rings. The number of nitrogens with one attached hydrogen (secondary N) is 1. The summed E-state index contributed by atoms with van der Waals surface area (Å²) in [5.41, 5.74) is 0.504. The first-order valence-electron chi connectivity index (χ1n) is 6.58. The zero-order valence-corrected chi connectivity index (χ0v) is 14.0. The quantitative estimate of drug-likeness (QED) is 0.798. The number of nitrogens with zero attached hydrogens (tertiary/aromatic N) is 2. The number of hydrogen-bond donors (Lipinski definition) is 1. The third kappa shape index (κ3) is 5.82. The summed E-state index contributed by atoms with van der Waals surface area (Å²) in [7, 11) is 1.73. The van der Waals surface area contributed by atoms with E-state index in [1.807, 2.05) is 0 Å². The van der Waals surface area contributed by atoms with Crippen molar-refractivity contribution in [2.75, 3.05) is 45.8 Å². The molecule has 0 radical (unpaired) electrons. The topological polar surface area (TPSA) is 86.8 Å². The molecule has 0 unspecified atom stereocenters. The van der Waals surface area contributed by atoms with Crippen molar-refractivity contribution < 1.29 is 18.0 Å². The van der Waals surface area contributed by atoms with Gasteiger partial charge in [-0.05, 0) is 31.3 Å². The summed E-state index contributed by atoms with van der Waals surface area (Å²) in [6.07, 6.45) is 1.12. The maximum atomic E-state index is 11.9. The largest absolute Gasteiger partial charge is 0.348 e. The van der Waals surface area contributed by atoms with Crippen LogP contribution in [0.5, 0.6) is 0 Å². The fourth-order valence-corrected chi connectivity index (χ4v) is 2.29. The van der Waals surface area contributed by atoms with Crippen molar-refractivity contribution >= 4 is 27.3 Å². The highest BCUT2D eigenvalue weighted by Crippen LogP contribution is 2.13. The summed E-state index contributed by atoms with van der Waals surface area (Å²) in [4.78, 5) is 26.6. The molecule has 0 spiro atoms. The molecule has 8 heteroatoms. The van der Waals surface area contributed by atoms with Gasteiger partial charge in [0, 0.05) is 26.0 Å². The minimum atomic E-state index is -3.25. The van der Waals surface area contributed by atoms with Crippen LogP contribution in [0.1, 0.15) is 0 Å². The molecular formula is C14H21N3O4S. The second-order valence-electron chi connectivity index (χ2n) is 5.31. The number of carbonyl (C=O) groups excluding carboxylic acids is 2. The van der Waals surface area contributed by atoms with Crippen molar-refractivity contribution in [2.45, 2.75) is 4.90 Å². The lowest BCUT2D eigenvalue weighted by Gasteiger charge is -2.18. The van der Waals surface area contributed by atoms with Crippen LogP contribution in [-0.2, 0) is 19.4 Å². The van der Waals surface area contributed by atoms with Gasteiger partial charge >= 0.3 is 0 Å². The van der Waals surface area contributed by atoms with Gasteiger partial charge in [-0.2, -0.15) is 0 Å². The highest BCUT2D eigenvalue weighted by atomic mass is 32.2. The minimum Gasteiger partial charge on any atom is -0.348 e. The Hall–Kier alpha value is -1.93. The lowest BCUT2D eigenvalue weighted by molar-refractivity contribution is -0.130. The fraction of sp³-hybridized carbons (Fsp3) is 0.429. The van der Waals surface area contributed by atoms with Gasteiger partial charge in [-0.3, -0.25) is 14.5 Å². The molecule has 7 nitrogen and oxygen atoms in total. The van der Waals surface area contributed by atoms with Gasteiger partial charge < -0.3 is 10.2 Å². The number of amides is 2. The van der Waals surface area contributed by atoms with Crippen LogP contribution in [0.25, 0.3) is 0 Å². The van der Waals surface area contributed by atoms with Crippen LogP contribution in [0, 0.1) is 0 Å². The molecule has 0 bridgehead atoms. The molecule has 0 atom stereocenters. The number of sulfone groups is 1. The zero-order chi connectivity index (χ0) is 16.9. The third-order valence-electron chi connectivity index (χ3n) is 2.88. The molecule has 2 amide bonds. The predicted molar refractivity (Wildman–Crippen MR) is 84.4 cm³/mol. The maximum absolute atomic E-state index is 11.9. The molecule has 1 aromatic rings. The summed E-state index contributed by atoms with van der Waals surface area (Å²) in [5.74, 6) is -0.367. The van der Waals surface area contributed by atoms with E-state index in [0.717, 1.165) is 6.26 Å². The Bertz CT molecular complexity index is 639. The van der Waals surface area contributed by atoms with E-state index in [1.165, 1.54) is 29.2 Å². The van der Waals surface area contributed by atoms with Crippen LogP contribution in [0.3, 0.4) is 0 Å². The standard InChI is InChI=1S/C14H21N3O4S/c1-16(2)14(19)10-17(3)9-13(18)15-11-5-7-12(8-6-11)22(4,20)21/h5-8H,9-10H2,1-4H3,(H,15,18). The van der Waals surface area contributed by atoms with Crippen LogP contribution in [-0.4, -0.2) is 70.5 Å². The molecule has 0 aliphatic heterocycles. The van der Waals surface area contributed by atoms with E-state index in [1.54, 1.807) is 26.0 Å². The highest BCUT2D eigenvalue weighted by Gasteiger charge is 2.12. The molecule has 122 valence electrons. The Morgan fingerprint density at radius 2 is 1.59 bits per heavy atom. The van der Waals surface area contributed by atoms with E-state index in [0.29, 0.717) is 5.69 Å². The third-order valence-corrected chi connectivity index (χ3v) is 4.01. The van der Waals surface area contributed by atoms with Crippen molar-refractivity contribution in [2.24, 2.45) is 0 Å². The van der Waals surface area contributed by atoms with Crippen LogP contribution < -0.4 is 5.32 Å². The lowest BCUT2D eigenvalue weighted by Crippen LogP contribution is -2.38. The smallest absolute Gasteiger partial charge is 0.238 e. The number of likely N-dealkylation sites (N-methyl/N-ethyl adjacent to an activating group) is 2. The van der Waals surface area contributed by atoms with E-state index < -0.39 is 9.84 Å². The summed E-state index contributed by atoms with van der Waals surface area (Å²) in [6, 6.07) is 5.92. The van der Waals surface area contributed by atoms with E-state index in [2.05, 4.69) is 5.32 Å². The molecule has 0 aromatic heterocycles. The van der Waals surface area contributed by atoms with Gasteiger partial charge in [0.15, 0.2) is 9.84 Å². The lowest BCUT2D eigenvalue weighted by atomic mass is 10.3. The average Bonchev–Trinajstić information content (AvgIpc) is 2.37. The Kier molecular flexibility index (Phi) is 6.07. The summed E-state index contributed by atoms with van der Waals surface area (Å²) >= 11 is 0. The zero-order valence-electron chi connectivity index (χ0n) is 13.2. The Morgan fingerprint density at radius 1 is 1.05 bits per heavy atom. The highest BCUT2D eigenvalue weighted by molar-refractivity contribution is 7.90. The van der Waals surface area contributed by atoms with Crippen molar-refractivity contribution in [3.8, 4) is 0 Å². The first-order valence-corrected chi connectivity index (χ1v) is 8.47. The van der Waals surface area contributed by atoms with Crippen LogP contribution in [0.4, 0.5) is 5.69 Å². The molecule has 1 aromatic carbocycles. The van der Waals surface area contributed by atoms with Crippen LogP contribution >= 0.6 is 0 Å². The summed E-state index contributed by atoms with van der Waals surface area (Å²) in [6.45, 7) is 0.209. The van der Waals surface area contributed by atoms with E-state index in [-0.39, 0.29) is 29.8 Å². The average molecular weight is 327 g/mol. The Morgan fingerprint density at radius 3 is 2.05 bits per heavy atom. The molecule has 0 heterocycles. The first-order chi connectivity index (χ1) is 10.1. The van der Waals surface area contributed by atoms with Gasteiger partial charge in [0.05, 0.1) is 18.0 Å². The first kappa shape index (κ1) is 18.1. The van der Waals surface area contributed by atoms with Gasteiger partial charge in [0.1, 0.15) is 0 Å². The summed E-state index contributed by atoms with van der Waals surface area (Å²) < 4.78 is 22.7. The second kappa shape index (κ2) is 7.37. The molecule has 1 N–H and O–H groups in total. The monoisotopic (exact) mass is 327 g/mol. The maximum Gasteiger partial charge on any atom is 0.238 e. The number of benzene rings is 1. The number of hydrogen-bond acceptors (Lipinski definition) is 5. The summed E-state index contributed by atoms with van der Waals surface area (Å²) in [5, 5.41) is 2.65. The van der Waals surface area contributed by atoms with Gasteiger partial charge in [-0.1, -0.05) is 0 Å². The number of carbonyl (C=O) groups is 2. The van der Waals surface area contributed by atoms with Crippen molar-refractivity contribution in [1.82, 2.24) is 9.80 Å². The fourth-order valence-electron chi connectivity index (χ4n) is 1.66. The molecule has 0 aliphatic carbocycles. The van der Waals surface area contributed by atoms with E-state index in [9.17, 15) is 18.0 Å². The number of anilines is 1. The SMILES string of the molecule is CN(CC(=O)Nc1ccc(S(C)(=O)=O)cc1)CC(=O)N(C)C. The van der Waals surface area contributed by atoms with Crippen LogP contribution in [0.2, 0.25) is 0 Å². The van der Waals surface area contributed by atoms with Crippen LogP contribution in [0.15, 0.2) is 29.2 Å². The van der Waals surface area contributed by atoms with E-state index >= 15 is 0 Å². The molecule has 0 fully saturated rings. The second-order valence-corrected chi connectivity index (χ2v) is 7.32. The molecule has 0 saturated carbocycles. The van der Waals surface area contributed by atoms with E-state index in [4.69, 9.17) is 0 Å². The van der Waals surface area contributed by atoms with Gasteiger partial charge in [-0.25, -0.2) is 8.42 Å². The molecule has 1 rings (SSSR count). The Labute approximate surface area is 130 Å². The van der Waals surface area contributed by atoms with Gasteiger partial charge in [-0.15, -0.1) is 0 Å². The molecular weight excluding hydrogens is 306 g/mol. The van der Waals surface area contributed by atoms with Crippen molar-refractivity contribution in [1.29, 1.82) is 0 Å². The van der Waals surface area contributed by atoms with Gasteiger partial charge in [0.2, 0.25) is 11.8 Å². The molecule has 0 saturated heterocycles.